The first-order valence-electron chi connectivity index (χ1n) is 3.46. The van der Waals surface area contributed by atoms with Crippen LogP contribution < -0.4 is 5.73 Å². The van der Waals surface area contributed by atoms with Gasteiger partial charge in [-0.05, 0) is 6.92 Å². The van der Waals surface area contributed by atoms with Gasteiger partial charge in [-0.1, -0.05) is 5.16 Å². The molecule has 0 spiro atoms. The Balaban J connectivity index is 3.86. The highest BCUT2D eigenvalue weighted by molar-refractivity contribution is 5.84. The topological polar surface area (TPSA) is 88.2 Å². The van der Waals surface area contributed by atoms with E-state index < -0.39 is 6.09 Å². The number of ether oxygens (including phenoxy) is 1. The second kappa shape index (κ2) is 5.22. The summed E-state index contributed by atoms with van der Waals surface area (Å²) in [6.45, 7) is 2.06. The van der Waals surface area contributed by atoms with E-state index in [1.165, 1.54) is 11.9 Å². The lowest BCUT2D eigenvalue weighted by Gasteiger charge is -2.14. The molecule has 6 nitrogen and oxygen atoms in total. The van der Waals surface area contributed by atoms with Gasteiger partial charge in [0.2, 0.25) is 0 Å². The molecule has 0 saturated carbocycles. The Kier molecular flexibility index (Phi) is 4.59. The number of amidine groups is 1. The molecule has 0 aliphatic rings. The Bertz CT molecular complexity index is 181. The molecular formula is C6H13N3O3. The first-order valence-corrected chi connectivity index (χ1v) is 3.46. The Hall–Kier alpha value is -1.46. The van der Waals surface area contributed by atoms with Crippen molar-refractivity contribution >= 4 is 11.9 Å². The van der Waals surface area contributed by atoms with Crippen molar-refractivity contribution in [3.05, 3.63) is 0 Å². The number of hydrogen-bond donors (Lipinski definition) is 2. The van der Waals surface area contributed by atoms with Gasteiger partial charge in [0, 0.05) is 7.05 Å². The highest BCUT2D eigenvalue weighted by Crippen LogP contribution is 1.88. The fourth-order valence-corrected chi connectivity index (χ4v) is 0.573. The molecule has 0 aromatic carbocycles. The SMILES string of the molecule is CCOC(=O)N(C)CC(N)=NO. The monoisotopic (exact) mass is 175 g/mol. The van der Waals surface area contributed by atoms with E-state index in [0.717, 1.165) is 0 Å². The molecule has 0 bridgehead atoms. The summed E-state index contributed by atoms with van der Waals surface area (Å²) in [5.74, 6) is -0.0365. The van der Waals surface area contributed by atoms with Crippen molar-refractivity contribution in [2.24, 2.45) is 10.9 Å². The van der Waals surface area contributed by atoms with Gasteiger partial charge in [-0.25, -0.2) is 4.79 Å². The van der Waals surface area contributed by atoms with Crippen LogP contribution in [0.4, 0.5) is 4.79 Å². The average Bonchev–Trinajstić information content (AvgIpc) is 2.04. The largest absolute Gasteiger partial charge is 0.450 e. The van der Waals surface area contributed by atoms with E-state index in [1.807, 2.05) is 0 Å². The van der Waals surface area contributed by atoms with Gasteiger partial charge in [0.25, 0.3) is 0 Å². The quantitative estimate of drug-likeness (QED) is 0.269. The Morgan fingerprint density at radius 3 is 2.75 bits per heavy atom. The molecule has 0 aromatic heterocycles. The van der Waals surface area contributed by atoms with Crippen molar-refractivity contribution in [3.63, 3.8) is 0 Å². The number of carbonyl (C=O) groups excluding carboxylic acids is 1. The van der Waals surface area contributed by atoms with E-state index in [-0.39, 0.29) is 12.4 Å². The lowest BCUT2D eigenvalue weighted by molar-refractivity contribution is 0.120. The van der Waals surface area contributed by atoms with Crippen molar-refractivity contribution in [3.8, 4) is 0 Å². The van der Waals surface area contributed by atoms with Gasteiger partial charge in [0.05, 0.1) is 13.2 Å². The minimum atomic E-state index is -0.496. The van der Waals surface area contributed by atoms with Crippen LogP contribution in [0.25, 0.3) is 0 Å². The highest BCUT2D eigenvalue weighted by Gasteiger charge is 2.09. The first kappa shape index (κ1) is 10.5. The zero-order chi connectivity index (χ0) is 9.56. The molecular weight excluding hydrogens is 162 g/mol. The third-order valence-corrected chi connectivity index (χ3v) is 1.11. The van der Waals surface area contributed by atoms with Crippen LogP contribution in [0, 0.1) is 0 Å². The summed E-state index contributed by atoms with van der Waals surface area (Å²) in [5, 5.41) is 10.9. The predicted molar refractivity (Wildman–Crippen MR) is 43.1 cm³/mol. The highest BCUT2D eigenvalue weighted by atomic mass is 16.6. The van der Waals surface area contributed by atoms with Crippen molar-refractivity contribution in [1.82, 2.24) is 4.90 Å². The second-order valence-corrected chi connectivity index (χ2v) is 2.15. The van der Waals surface area contributed by atoms with Crippen LogP contribution in [0.3, 0.4) is 0 Å². The van der Waals surface area contributed by atoms with Gasteiger partial charge < -0.3 is 20.6 Å². The molecule has 0 unspecified atom stereocenters. The fraction of sp³-hybridized carbons (Fsp3) is 0.667. The zero-order valence-electron chi connectivity index (χ0n) is 7.15. The summed E-state index contributed by atoms with van der Waals surface area (Å²) in [6.07, 6.45) is -0.496. The number of carbonyl (C=O) groups is 1. The Morgan fingerprint density at radius 2 is 2.33 bits per heavy atom. The van der Waals surface area contributed by atoms with Crippen molar-refractivity contribution in [2.75, 3.05) is 20.2 Å². The van der Waals surface area contributed by atoms with Gasteiger partial charge in [0.1, 0.15) is 0 Å². The number of likely N-dealkylation sites (N-methyl/N-ethyl adjacent to an activating group) is 1. The molecule has 0 saturated heterocycles. The van der Waals surface area contributed by atoms with Crippen molar-refractivity contribution < 1.29 is 14.7 Å². The van der Waals surface area contributed by atoms with Gasteiger partial charge >= 0.3 is 6.09 Å². The van der Waals surface area contributed by atoms with Crippen LogP contribution in [0.15, 0.2) is 5.16 Å². The van der Waals surface area contributed by atoms with Gasteiger partial charge in [0.15, 0.2) is 5.84 Å². The summed E-state index contributed by atoms with van der Waals surface area (Å²) in [4.78, 5) is 12.1. The lowest BCUT2D eigenvalue weighted by Crippen LogP contribution is -2.35. The molecule has 3 N–H and O–H groups in total. The van der Waals surface area contributed by atoms with Crippen molar-refractivity contribution in [2.45, 2.75) is 6.92 Å². The molecule has 0 aliphatic carbocycles. The van der Waals surface area contributed by atoms with E-state index in [1.54, 1.807) is 6.92 Å². The summed E-state index contributed by atoms with van der Waals surface area (Å²) in [6, 6.07) is 0. The molecule has 0 radical (unpaired) electrons. The third-order valence-electron chi connectivity index (χ3n) is 1.11. The normalized spacial score (nSPS) is 11.0. The Morgan fingerprint density at radius 1 is 1.75 bits per heavy atom. The van der Waals surface area contributed by atoms with E-state index in [0.29, 0.717) is 6.61 Å². The summed E-state index contributed by atoms with van der Waals surface area (Å²) in [5.41, 5.74) is 5.16. The van der Waals surface area contributed by atoms with Crippen LogP contribution in [0.5, 0.6) is 0 Å². The van der Waals surface area contributed by atoms with Crippen LogP contribution in [-0.4, -0.2) is 42.2 Å². The molecule has 0 heterocycles. The van der Waals surface area contributed by atoms with Gasteiger partial charge in [-0.3, -0.25) is 0 Å². The standard InChI is InChI=1S/C6H13N3O3/c1-3-12-6(10)9(2)4-5(7)8-11/h11H,3-4H2,1-2H3,(H2,7,8). The zero-order valence-corrected chi connectivity index (χ0v) is 7.15. The van der Waals surface area contributed by atoms with Gasteiger partial charge in [-0.15, -0.1) is 0 Å². The number of oxime groups is 1. The molecule has 0 rings (SSSR count). The number of hydrogen-bond acceptors (Lipinski definition) is 4. The molecule has 0 aromatic rings. The predicted octanol–water partition coefficient (Wildman–Crippen LogP) is -0.179. The molecule has 70 valence electrons. The molecule has 6 heteroatoms. The van der Waals surface area contributed by atoms with Crippen molar-refractivity contribution in [1.29, 1.82) is 0 Å². The second-order valence-electron chi connectivity index (χ2n) is 2.15. The molecule has 0 aliphatic heterocycles. The number of amides is 1. The lowest BCUT2D eigenvalue weighted by atomic mass is 10.5. The minimum absolute atomic E-state index is 0.0365. The molecule has 0 fully saturated rings. The summed E-state index contributed by atoms with van der Waals surface area (Å²) >= 11 is 0. The first-order chi connectivity index (χ1) is 5.61. The van der Waals surface area contributed by atoms with Gasteiger partial charge in [-0.2, -0.15) is 0 Å². The van der Waals surface area contributed by atoms with E-state index in [2.05, 4.69) is 9.89 Å². The smallest absolute Gasteiger partial charge is 0.409 e. The maximum absolute atomic E-state index is 10.9. The number of nitrogens with two attached hydrogens (primary N) is 1. The minimum Gasteiger partial charge on any atom is -0.450 e. The van der Waals surface area contributed by atoms with E-state index in [9.17, 15) is 4.79 Å². The average molecular weight is 175 g/mol. The number of nitrogens with zero attached hydrogens (tertiary/aromatic N) is 2. The van der Waals surface area contributed by atoms with Crippen LogP contribution in [0.1, 0.15) is 6.92 Å². The fourth-order valence-electron chi connectivity index (χ4n) is 0.573. The van der Waals surface area contributed by atoms with Crippen LogP contribution >= 0.6 is 0 Å². The summed E-state index contributed by atoms with van der Waals surface area (Å²) in [7, 11) is 1.50. The third kappa shape index (κ3) is 3.65. The maximum Gasteiger partial charge on any atom is 0.409 e. The summed E-state index contributed by atoms with van der Waals surface area (Å²) < 4.78 is 4.64. The van der Waals surface area contributed by atoms with E-state index >= 15 is 0 Å². The maximum atomic E-state index is 10.9. The van der Waals surface area contributed by atoms with Crippen LogP contribution in [0.2, 0.25) is 0 Å². The van der Waals surface area contributed by atoms with Crippen LogP contribution in [-0.2, 0) is 4.74 Å². The molecule has 1 amide bonds. The molecule has 12 heavy (non-hydrogen) atoms. The van der Waals surface area contributed by atoms with E-state index in [4.69, 9.17) is 10.9 Å². The molecule has 0 atom stereocenters. The number of rotatable bonds is 3. The Labute approximate surface area is 70.6 Å².